The summed E-state index contributed by atoms with van der Waals surface area (Å²) in [5.74, 6) is 0.198. The summed E-state index contributed by atoms with van der Waals surface area (Å²) in [7, 11) is 0. The second-order valence-corrected chi connectivity index (χ2v) is 3.83. The van der Waals surface area contributed by atoms with Crippen molar-refractivity contribution in [2.24, 2.45) is 0 Å². The molecule has 0 radical (unpaired) electrons. The first-order valence-electron chi connectivity index (χ1n) is 4.64. The number of aldehydes is 1. The minimum atomic E-state index is -0.358. The maximum atomic E-state index is 13.7. The molecule has 0 N–H and O–H groups in total. The van der Waals surface area contributed by atoms with Crippen LogP contribution < -0.4 is 0 Å². The molecule has 0 saturated carbocycles. The molecular weight excluding hydrogens is 275 g/mol. The van der Waals surface area contributed by atoms with Gasteiger partial charge in [0.05, 0.1) is 5.56 Å². The number of rotatable bonds is 3. The lowest BCUT2D eigenvalue weighted by Gasteiger charge is -2.01. The van der Waals surface area contributed by atoms with Gasteiger partial charge in [0.25, 0.3) is 0 Å². The fourth-order valence-electron chi connectivity index (χ4n) is 1.40. The third kappa shape index (κ3) is 2.07. The molecule has 0 amide bonds. The lowest BCUT2D eigenvalue weighted by Crippen LogP contribution is -1.85. The van der Waals surface area contributed by atoms with Crippen molar-refractivity contribution in [1.82, 2.24) is 0 Å². The Morgan fingerprint density at radius 2 is 2.12 bits per heavy atom. The molecule has 2 aromatic rings. The van der Waals surface area contributed by atoms with Gasteiger partial charge in [-0.15, -0.1) is 0 Å². The van der Waals surface area contributed by atoms with Gasteiger partial charge in [0.15, 0.2) is 12.0 Å². The third-order valence-corrected chi connectivity index (χ3v) is 2.84. The van der Waals surface area contributed by atoms with Crippen LogP contribution in [0.25, 0.3) is 11.3 Å². The Morgan fingerprint density at radius 1 is 1.31 bits per heavy atom. The summed E-state index contributed by atoms with van der Waals surface area (Å²) in [4.78, 5) is 10.4. The Kier molecular flexibility index (Phi) is 3.19. The van der Waals surface area contributed by atoms with E-state index in [1.807, 2.05) is 0 Å². The quantitative estimate of drug-likeness (QED) is 0.633. The van der Waals surface area contributed by atoms with Crippen LogP contribution in [0.1, 0.15) is 16.1 Å². The van der Waals surface area contributed by atoms with E-state index in [1.54, 1.807) is 18.2 Å². The van der Waals surface area contributed by atoms with Gasteiger partial charge in [-0.1, -0.05) is 22.0 Å². The molecule has 16 heavy (non-hydrogen) atoms. The van der Waals surface area contributed by atoms with E-state index in [0.29, 0.717) is 22.9 Å². The lowest BCUT2D eigenvalue weighted by atomic mass is 10.1. The van der Waals surface area contributed by atoms with Crippen LogP contribution in [0.4, 0.5) is 4.39 Å². The Bertz CT molecular complexity index is 519. The minimum Gasteiger partial charge on any atom is -0.453 e. The zero-order chi connectivity index (χ0) is 11.5. The first-order chi connectivity index (χ1) is 7.74. The average molecular weight is 283 g/mol. The molecule has 0 bridgehead atoms. The highest BCUT2D eigenvalue weighted by molar-refractivity contribution is 9.08. The van der Waals surface area contributed by atoms with Crippen LogP contribution in [0.15, 0.2) is 34.7 Å². The molecule has 0 unspecified atom stereocenters. The zero-order valence-corrected chi connectivity index (χ0v) is 9.83. The van der Waals surface area contributed by atoms with E-state index in [2.05, 4.69) is 15.9 Å². The molecule has 0 atom stereocenters. The maximum Gasteiger partial charge on any atom is 0.185 e. The van der Waals surface area contributed by atoms with Crippen LogP contribution in [0.5, 0.6) is 0 Å². The molecule has 0 aliphatic heterocycles. The average Bonchev–Trinajstić information content (AvgIpc) is 2.77. The maximum absolute atomic E-state index is 13.7. The molecule has 2 rings (SSSR count). The van der Waals surface area contributed by atoms with Crippen molar-refractivity contribution in [1.29, 1.82) is 0 Å². The Hall–Kier alpha value is -1.42. The van der Waals surface area contributed by atoms with E-state index < -0.39 is 0 Å². The normalized spacial score (nSPS) is 10.4. The number of hydrogen-bond donors (Lipinski definition) is 0. The molecular formula is C12H8BrFO2. The molecule has 0 aliphatic rings. The highest BCUT2D eigenvalue weighted by Crippen LogP contribution is 2.25. The van der Waals surface area contributed by atoms with Crippen molar-refractivity contribution in [3.8, 4) is 11.3 Å². The van der Waals surface area contributed by atoms with Gasteiger partial charge in [0.2, 0.25) is 0 Å². The summed E-state index contributed by atoms with van der Waals surface area (Å²) in [5.41, 5.74) is 1.21. The van der Waals surface area contributed by atoms with Crippen LogP contribution in [0.2, 0.25) is 0 Å². The van der Waals surface area contributed by atoms with Gasteiger partial charge in [0.1, 0.15) is 11.6 Å². The molecule has 1 aromatic heterocycles. The highest BCUT2D eigenvalue weighted by atomic mass is 79.9. The topological polar surface area (TPSA) is 30.2 Å². The van der Waals surface area contributed by atoms with Gasteiger partial charge in [0, 0.05) is 5.33 Å². The first-order valence-corrected chi connectivity index (χ1v) is 5.76. The van der Waals surface area contributed by atoms with Crippen molar-refractivity contribution in [2.75, 3.05) is 0 Å². The number of halogens is 2. The molecule has 0 saturated heterocycles. The monoisotopic (exact) mass is 282 g/mol. The van der Waals surface area contributed by atoms with Crippen LogP contribution in [-0.4, -0.2) is 6.29 Å². The highest BCUT2D eigenvalue weighted by Gasteiger charge is 2.09. The zero-order valence-electron chi connectivity index (χ0n) is 8.24. The van der Waals surface area contributed by atoms with Crippen molar-refractivity contribution < 1.29 is 13.6 Å². The second-order valence-electron chi connectivity index (χ2n) is 3.27. The molecule has 0 fully saturated rings. The number of carbonyl (C=O) groups is 1. The molecule has 82 valence electrons. The van der Waals surface area contributed by atoms with Crippen LogP contribution in [0.3, 0.4) is 0 Å². The van der Waals surface area contributed by atoms with Crippen LogP contribution >= 0.6 is 15.9 Å². The van der Waals surface area contributed by atoms with E-state index in [0.717, 1.165) is 5.56 Å². The number of hydrogen-bond acceptors (Lipinski definition) is 2. The Morgan fingerprint density at radius 3 is 2.69 bits per heavy atom. The van der Waals surface area contributed by atoms with Crippen molar-refractivity contribution in [2.45, 2.75) is 5.33 Å². The molecule has 2 nitrogen and oxygen atoms in total. The largest absolute Gasteiger partial charge is 0.453 e. The summed E-state index contributed by atoms with van der Waals surface area (Å²) in [6.07, 6.45) is 0.592. The Balaban J connectivity index is 2.43. The number of furan rings is 1. The molecule has 0 aliphatic carbocycles. The molecule has 4 heteroatoms. The van der Waals surface area contributed by atoms with Gasteiger partial charge in [-0.3, -0.25) is 4.79 Å². The summed E-state index contributed by atoms with van der Waals surface area (Å²) in [6.45, 7) is 0. The van der Waals surface area contributed by atoms with Gasteiger partial charge < -0.3 is 4.42 Å². The standard InChI is InChI=1S/C12H8BrFO2/c13-6-8-1-3-10(11(14)5-8)12-4-2-9(7-15)16-12/h1-5,7H,6H2. The van der Waals surface area contributed by atoms with Gasteiger partial charge in [-0.25, -0.2) is 4.39 Å². The Labute approximate surface area is 100 Å². The number of carbonyl (C=O) groups excluding carboxylic acids is 1. The SMILES string of the molecule is O=Cc1ccc(-c2ccc(CBr)cc2F)o1. The fraction of sp³-hybridized carbons (Fsp3) is 0.0833. The summed E-state index contributed by atoms with van der Waals surface area (Å²) in [6, 6.07) is 7.97. The van der Waals surface area contributed by atoms with Gasteiger partial charge >= 0.3 is 0 Å². The molecule has 1 heterocycles. The van der Waals surface area contributed by atoms with Gasteiger partial charge in [-0.05, 0) is 29.8 Å². The van der Waals surface area contributed by atoms with Crippen LogP contribution in [0, 0.1) is 5.82 Å². The smallest absolute Gasteiger partial charge is 0.185 e. The van der Waals surface area contributed by atoms with Crippen molar-refractivity contribution in [3.63, 3.8) is 0 Å². The minimum absolute atomic E-state index is 0.193. The summed E-state index contributed by atoms with van der Waals surface area (Å²) < 4.78 is 18.8. The first kappa shape index (κ1) is 11.1. The van der Waals surface area contributed by atoms with E-state index >= 15 is 0 Å². The third-order valence-electron chi connectivity index (χ3n) is 2.20. The van der Waals surface area contributed by atoms with E-state index in [4.69, 9.17) is 4.42 Å². The lowest BCUT2D eigenvalue weighted by molar-refractivity contribution is 0.110. The predicted octanol–water partition coefficient (Wildman–Crippen LogP) is 3.79. The van der Waals surface area contributed by atoms with E-state index in [-0.39, 0.29) is 11.6 Å². The predicted molar refractivity (Wildman–Crippen MR) is 62.1 cm³/mol. The van der Waals surface area contributed by atoms with Gasteiger partial charge in [-0.2, -0.15) is 0 Å². The van der Waals surface area contributed by atoms with Crippen molar-refractivity contribution in [3.05, 3.63) is 47.5 Å². The summed E-state index contributed by atoms with van der Waals surface area (Å²) in [5, 5.41) is 0.599. The molecule has 0 spiro atoms. The van der Waals surface area contributed by atoms with E-state index in [1.165, 1.54) is 12.1 Å². The van der Waals surface area contributed by atoms with Crippen LogP contribution in [-0.2, 0) is 5.33 Å². The molecule has 1 aromatic carbocycles. The summed E-state index contributed by atoms with van der Waals surface area (Å²) >= 11 is 3.25. The van der Waals surface area contributed by atoms with E-state index in [9.17, 15) is 9.18 Å². The van der Waals surface area contributed by atoms with Crippen molar-refractivity contribution >= 4 is 22.2 Å². The number of benzene rings is 1. The fourth-order valence-corrected chi connectivity index (χ4v) is 1.75. The number of alkyl halides is 1. The second kappa shape index (κ2) is 4.61.